The molecule has 0 spiro atoms. The number of rotatable bonds is 7. The Kier molecular flexibility index (Phi) is 17.6. The van der Waals surface area contributed by atoms with Gasteiger partial charge in [-0.25, -0.2) is 6.57 Å². The summed E-state index contributed by atoms with van der Waals surface area (Å²) in [5.74, 6) is 0. The lowest BCUT2D eigenvalue weighted by molar-refractivity contribution is 0.344. The van der Waals surface area contributed by atoms with Gasteiger partial charge >= 0.3 is 0 Å². The third kappa shape index (κ3) is 23.8. The van der Waals surface area contributed by atoms with Crippen LogP contribution in [0.15, 0.2) is 0 Å². The lowest BCUT2D eigenvalue weighted by atomic mass is 10.4. The molecule has 0 aromatic heterocycles. The zero-order chi connectivity index (χ0) is 12.8. The summed E-state index contributed by atoms with van der Waals surface area (Å²) in [4.78, 5) is 3.09. The van der Waals surface area contributed by atoms with Crippen LogP contribution in [0.4, 0.5) is 0 Å². The van der Waals surface area contributed by atoms with Crippen LogP contribution in [0.5, 0.6) is 0 Å². The summed E-state index contributed by atoms with van der Waals surface area (Å²) in [5, 5.41) is 0. The van der Waals surface area contributed by atoms with E-state index < -0.39 is 16.6 Å². The molecule has 4 N–H and O–H groups in total. The minimum absolute atomic E-state index is 0.421. The monoisotopic (exact) mass is 267 g/mol. The van der Waals surface area contributed by atoms with Gasteiger partial charge in [-0.05, 0) is 19.8 Å². The third-order valence-corrected chi connectivity index (χ3v) is 2.47. The van der Waals surface area contributed by atoms with Crippen LogP contribution in [0.25, 0.3) is 4.85 Å². The van der Waals surface area contributed by atoms with E-state index in [4.69, 9.17) is 26.6 Å². The average molecular weight is 267 g/mol. The summed E-state index contributed by atoms with van der Waals surface area (Å²) < 4.78 is 10.0. The van der Waals surface area contributed by atoms with Crippen molar-refractivity contribution in [3.8, 4) is 0 Å². The Morgan fingerprint density at radius 3 is 2.00 bits per heavy atom. The standard InChI is InChI=1S/C5H14NOP.C4H9N2OP/c1-3-4-5-7-8(2)6;1-6-3-4-7-8(2)5/h3-6H2,1-2H3;3-5H2,2H3. The van der Waals surface area contributed by atoms with Gasteiger partial charge in [-0.1, -0.05) is 13.3 Å². The van der Waals surface area contributed by atoms with E-state index in [0.29, 0.717) is 13.2 Å². The number of hydrogen-bond acceptors (Lipinski definition) is 4. The van der Waals surface area contributed by atoms with E-state index in [-0.39, 0.29) is 0 Å². The molecule has 0 heterocycles. The van der Waals surface area contributed by atoms with Crippen LogP contribution in [0.3, 0.4) is 0 Å². The Morgan fingerprint density at radius 2 is 1.62 bits per heavy atom. The molecule has 0 saturated carbocycles. The predicted molar refractivity (Wildman–Crippen MR) is 72.3 cm³/mol. The van der Waals surface area contributed by atoms with Crippen LogP contribution < -0.4 is 11.0 Å². The molecule has 0 rings (SSSR count). The smallest absolute Gasteiger partial charge is 0.238 e. The first-order valence-corrected chi connectivity index (χ1v) is 8.65. The van der Waals surface area contributed by atoms with Gasteiger partial charge in [-0.15, -0.1) is 0 Å². The molecular formula is C9H23N3O2P2. The van der Waals surface area contributed by atoms with Crippen LogP contribution in [0.1, 0.15) is 19.8 Å². The number of hydrogen-bond donors (Lipinski definition) is 2. The fourth-order valence-corrected chi connectivity index (χ4v) is 1.37. The maximum atomic E-state index is 6.36. The number of nitrogens with two attached hydrogens (primary N) is 2. The number of unbranched alkanes of at least 4 members (excludes halogenated alkanes) is 1. The molecule has 0 fully saturated rings. The largest absolute Gasteiger partial charge is 0.344 e. The van der Waals surface area contributed by atoms with E-state index in [1.807, 2.05) is 6.66 Å². The van der Waals surface area contributed by atoms with Crippen molar-refractivity contribution in [2.45, 2.75) is 19.8 Å². The van der Waals surface area contributed by atoms with Crippen molar-refractivity contribution in [3.05, 3.63) is 11.4 Å². The summed E-state index contributed by atoms with van der Waals surface area (Å²) >= 11 is 0. The minimum Gasteiger partial charge on any atom is -0.344 e. The third-order valence-electron chi connectivity index (χ3n) is 1.29. The maximum absolute atomic E-state index is 6.36. The Bertz CT molecular complexity index is 175. The van der Waals surface area contributed by atoms with E-state index in [9.17, 15) is 0 Å². The highest BCUT2D eigenvalue weighted by Gasteiger charge is 1.92. The SMILES string of the molecule is CCCCOP(C)N.[C-]#[N+]CCOP(C)N. The van der Waals surface area contributed by atoms with Crippen molar-refractivity contribution in [2.24, 2.45) is 11.0 Å². The van der Waals surface area contributed by atoms with Crippen LogP contribution in [-0.2, 0) is 9.05 Å². The molecule has 16 heavy (non-hydrogen) atoms. The molecule has 0 bridgehead atoms. The van der Waals surface area contributed by atoms with Crippen molar-refractivity contribution < 1.29 is 9.05 Å². The molecule has 0 aromatic rings. The lowest BCUT2D eigenvalue weighted by Gasteiger charge is -2.03. The number of nitrogens with zero attached hydrogens (tertiary/aromatic N) is 1. The van der Waals surface area contributed by atoms with E-state index in [0.717, 1.165) is 13.0 Å². The summed E-state index contributed by atoms with van der Waals surface area (Å²) in [6.07, 6.45) is 2.31. The lowest BCUT2D eigenvalue weighted by Crippen LogP contribution is -1.95. The molecule has 0 radical (unpaired) electrons. The summed E-state index contributed by atoms with van der Waals surface area (Å²) in [6.45, 7) is 13.9. The Morgan fingerprint density at radius 1 is 1.12 bits per heavy atom. The van der Waals surface area contributed by atoms with Gasteiger partial charge in [-0.2, -0.15) is 0 Å². The highest BCUT2D eigenvalue weighted by Crippen LogP contribution is 2.20. The first-order chi connectivity index (χ1) is 7.54. The molecule has 0 saturated heterocycles. The van der Waals surface area contributed by atoms with E-state index >= 15 is 0 Å². The Hall–Kier alpha value is 0.190. The van der Waals surface area contributed by atoms with Crippen LogP contribution in [0, 0.1) is 6.57 Å². The minimum atomic E-state index is -0.755. The molecule has 0 aliphatic rings. The maximum Gasteiger partial charge on any atom is 0.238 e. The van der Waals surface area contributed by atoms with Crippen molar-refractivity contribution in [2.75, 3.05) is 33.1 Å². The molecule has 0 aliphatic carbocycles. The van der Waals surface area contributed by atoms with Gasteiger partial charge in [0.05, 0.1) is 23.2 Å². The first kappa shape index (κ1) is 18.6. The topological polar surface area (TPSA) is 74.9 Å². The van der Waals surface area contributed by atoms with Gasteiger partial charge < -0.3 is 13.9 Å². The zero-order valence-electron chi connectivity index (χ0n) is 10.3. The van der Waals surface area contributed by atoms with Gasteiger partial charge in [0.2, 0.25) is 6.54 Å². The highest BCUT2D eigenvalue weighted by molar-refractivity contribution is 7.49. The molecule has 2 unspecified atom stereocenters. The van der Waals surface area contributed by atoms with Crippen molar-refractivity contribution in [1.29, 1.82) is 0 Å². The fourth-order valence-electron chi connectivity index (χ4n) is 0.583. The predicted octanol–water partition coefficient (Wildman–Crippen LogP) is 2.53. The summed E-state index contributed by atoms with van der Waals surface area (Å²) in [7, 11) is -1.37. The second-order valence-corrected chi connectivity index (χ2v) is 5.70. The van der Waals surface area contributed by atoms with Gasteiger partial charge in [0.1, 0.15) is 6.61 Å². The molecule has 2 atom stereocenters. The molecule has 0 amide bonds. The first-order valence-electron chi connectivity index (χ1n) is 5.10. The molecule has 7 heteroatoms. The summed E-state index contributed by atoms with van der Waals surface area (Å²) in [6, 6.07) is 0. The quantitative estimate of drug-likeness (QED) is 0.422. The zero-order valence-corrected chi connectivity index (χ0v) is 12.1. The van der Waals surface area contributed by atoms with Crippen LogP contribution in [0.2, 0.25) is 0 Å². The highest BCUT2D eigenvalue weighted by atomic mass is 31.2. The van der Waals surface area contributed by atoms with E-state index in [2.05, 4.69) is 11.8 Å². The van der Waals surface area contributed by atoms with E-state index in [1.165, 1.54) is 6.42 Å². The Labute approximate surface area is 101 Å². The normalized spacial score (nSPS) is 13.2. The average Bonchev–Trinajstić information content (AvgIpc) is 2.18. The van der Waals surface area contributed by atoms with Gasteiger partial charge in [0.15, 0.2) is 0 Å². The molecule has 0 aliphatic heterocycles. The molecule has 5 nitrogen and oxygen atoms in total. The van der Waals surface area contributed by atoms with Crippen molar-refractivity contribution >= 4 is 16.6 Å². The van der Waals surface area contributed by atoms with Crippen LogP contribution in [-0.4, -0.2) is 33.1 Å². The van der Waals surface area contributed by atoms with Gasteiger partial charge in [-0.3, -0.25) is 11.0 Å². The van der Waals surface area contributed by atoms with Crippen LogP contribution >= 0.6 is 16.6 Å². The van der Waals surface area contributed by atoms with Crippen molar-refractivity contribution in [1.82, 2.24) is 0 Å². The molecular weight excluding hydrogens is 244 g/mol. The van der Waals surface area contributed by atoms with E-state index in [1.54, 1.807) is 6.66 Å². The second kappa shape index (κ2) is 15.2. The van der Waals surface area contributed by atoms with Gasteiger partial charge in [0.25, 0.3) is 0 Å². The fraction of sp³-hybridized carbons (Fsp3) is 0.889. The summed E-state index contributed by atoms with van der Waals surface area (Å²) in [5.41, 5.74) is 10.6. The second-order valence-electron chi connectivity index (χ2n) is 2.99. The molecule has 96 valence electrons. The van der Waals surface area contributed by atoms with Crippen molar-refractivity contribution in [3.63, 3.8) is 0 Å². The van der Waals surface area contributed by atoms with Gasteiger partial charge in [0, 0.05) is 0 Å². The Balaban J connectivity index is 0. The molecule has 0 aromatic carbocycles.